The van der Waals surface area contributed by atoms with Gasteiger partial charge in [-0.2, -0.15) is 0 Å². The van der Waals surface area contributed by atoms with E-state index in [1.807, 2.05) is 43.3 Å². The van der Waals surface area contributed by atoms with Crippen molar-refractivity contribution >= 4 is 16.9 Å². The maximum atomic E-state index is 12.5. The smallest absolute Gasteiger partial charge is 0.351 e. The summed E-state index contributed by atoms with van der Waals surface area (Å²) < 4.78 is 10.5. The van der Waals surface area contributed by atoms with E-state index >= 15 is 0 Å². The van der Waals surface area contributed by atoms with Gasteiger partial charge in [0.1, 0.15) is 5.58 Å². The second-order valence-electron chi connectivity index (χ2n) is 5.86. The molecule has 4 nitrogen and oxygen atoms in total. The van der Waals surface area contributed by atoms with Crippen LogP contribution in [0, 0.1) is 6.92 Å². The van der Waals surface area contributed by atoms with Crippen LogP contribution in [0.1, 0.15) is 35.3 Å². The van der Waals surface area contributed by atoms with Gasteiger partial charge in [-0.15, -0.1) is 0 Å². The first-order valence-corrected chi connectivity index (χ1v) is 8.39. The maximum absolute atomic E-state index is 12.5. The zero-order valence-electron chi connectivity index (χ0n) is 14.6. The number of rotatable bonds is 4. The Kier molecular flexibility index (Phi) is 4.70. The van der Waals surface area contributed by atoms with Crippen LogP contribution in [0.15, 0.2) is 51.7 Å². The molecule has 0 atom stereocenters. The fourth-order valence-electron chi connectivity index (χ4n) is 2.99. The highest BCUT2D eigenvalue weighted by Crippen LogP contribution is 2.33. The maximum Gasteiger partial charge on any atom is 0.351 e. The zero-order chi connectivity index (χ0) is 18.0. The molecular formula is C21H20O4. The number of ether oxygens (including phenoxy) is 1. The van der Waals surface area contributed by atoms with Gasteiger partial charge < -0.3 is 9.15 Å². The lowest BCUT2D eigenvalue weighted by Gasteiger charge is -2.14. The SMILES string of the molecule is CCOC(=O)c1c(-c2ccccc2C)c2cc(CC)ccc2oc1=O. The third kappa shape index (κ3) is 3.07. The Morgan fingerprint density at radius 1 is 1.12 bits per heavy atom. The first-order valence-electron chi connectivity index (χ1n) is 8.39. The number of benzene rings is 2. The topological polar surface area (TPSA) is 56.5 Å². The lowest BCUT2D eigenvalue weighted by Crippen LogP contribution is -2.19. The molecule has 0 unspecified atom stereocenters. The molecule has 0 radical (unpaired) electrons. The monoisotopic (exact) mass is 336 g/mol. The molecule has 128 valence electrons. The summed E-state index contributed by atoms with van der Waals surface area (Å²) in [7, 11) is 0. The van der Waals surface area contributed by atoms with Crippen molar-refractivity contribution in [2.75, 3.05) is 6.61 Å². The Labute approximate surface area is 146 Å². The molecule has 0 saturated carbocycles. The molecule has 3 rings (SSSR count). The molecule has 25 heavy (non-hydrogen) atoms. The number of esters is 1. The van der Waals surface area contributed by atoms with Gasteiger partial charge in [-0.25, -0.2) is 9.59 Å². The van der Waals surface area contributed by atoms with E-state index in [1.165, 1.54) is 0 Å². The third-order valence-electron chi connectivity index (χ3n) is 4.27. The van der Waals surface area contributed by atoms with Crippen LogP contribution in [0.25, 0.3) is 22.1 Å². The molecule has 4 heteroatoms. The molecule has 0 spiro atoms. The summed E-state index contributed by atoms with van der Waals surface area (Å²) in [6.07, 6.45) is 0.844. The Hall–Kier alpha value is -2.88. The van der Waals surface area contributed by atoms with Crippen LogP contribution in [0.5, 0.6) is 0 Å². The second kappa shape index (κ2) is 6.93. The molecule has 0 amide bonds. The Morgan fingerprint density at radius 2 is 1.88 bits per heavy atom. The summed E-state index contributed by atoms with van der Waals surface area (Å²) in [5.74, 6) is -0.654. The minimum Gasteiger partial charge on any atom is -0.462 e. The van der Waals surface area contributed by atoms with E-state index in [0.717, 1.165) is 28.5 Å². The van der Waals surface area contributed by atoms with Crippen LogP contribution in [0.4, 0.5) is 0 Å². The fourth-order valence-corrected chi connectivity index (χ4v) is 2.99. The summed E-state index contributed by atoms with van der Waals surface area (Å²) in [6.45, 7) is 5.91. The molecular weight excluding hydrogens is 316 g/mol. The van der Waals surface area contributed by atoms with E-state index in [2.05, 4.69) is 6.92 Å². The van der Waals surface area contributed by atoms with Gasteiger partial charge >= 0.3 is 11.6 Å². The Morgan fingerprint density at radius 3 is 2.56 bits per heavy atom. The summed E-state index contributed by atoms with van der Waals surface area (Å²) in [5, 5.41) is 0.747. The summed E-state index contributed by atoms with van der Waals surface area (Å²) in [4.78, 5) is 25.0. The van der Waals surface area contributed by atoms with E-state index in [4.69, 9.17) is 9.15 Å². The zero-order valence-corrected chi connectivity index (χ0v) is 14.6. The normalized spacial score (nSPS) is 10.8. The van der Waals surface area contributed by atoms with Crippen LogP contribution < -0.4 is 5.63 Å². The van der Waals surface area contributed by atoms with Gasteiger partial charge in [-0.1, -0.05) is 37.3 Å². The number of fused-ring (bicyclic) bond motifs is 1. The predicted octanol–water partition coefficient (Wildman–Crippen LogP) is 4.51. The van der Waals surface area contributed by atoms with Crippen molar-refractivity contribution in [2.24, 2.45) is 0 Å². The fraction of sp³-hybridized carbons (Fsp3) is 0.238. The summed E-state index contributed by atoms with van der Waals surface area (Å²) >= 11 is 0. The quantitative estimate of drug-likeness (QED) is 0.520. The van der Waals surface area contributed by atoms with Crippen molar-refractivity contribution in [1.82, 2.24) is 0 Å². The van der Waals surface area contributed by atoms with Crippen LogP contribution in [0.3, 0.4) is 0 Å². The molecule has 1 heterocycles. The Balaban J connectivity index is 2.47. The Bertz CT molecular complexity index is 998. The molecule has 0 aliphatic heterocycles. The van der Waals surface area contributed by atoms with Crippen molar-refractivity contribution < 1.29 is 13.9 Å². The van der Waals surface area contributed by atoms with Crippen molar-refractivity contribution in [2.45, 2.75) is 27.2 Å². The molecule has 2 aromatic carbocycles. The van der Waals surface area contributed by atoms with Gasteiger partial charge in [0, 0.05) is 10.9 Å². The van der Waals surface area contributed by atoms with Gasteiger partial charge in [-0.05, 0) is 49.1 Å². The lowest BCUT2D eigenvalue weighted by molar-refractivity contribution is 0.0523. The molecule has 1 aromatic heterocycles. The van der Waals surface area contributed by atoms with E-state index < -0.39 is 11.6 Å². The van der Waals surface area contributed by atoms with E-state index in [-0.39, 0.29) is 12.2 Å². The average Bonchev–Trinajstić information content (AvgIpc) is 2.61. The van der Waals surface area contributed by atoms with Gasteiger partial charge in [-0.3, -0.25) is 0 Å². The number of carbonyl (C=O) groups is 1. The van der Waals surface area contributed by atoms with Crippen LogP contribution in [-0.2, 0) is 11.2 Å². The van der Waals surface area contributed by atoms with Gasteiger partial charge in [0.25, 0.3) is 0 Å². The minimum absolute atomic E-state index is 0.0445. The number of aryl methyl sites for hydroxylation is 2. The van der Waals surface area contributed by atoms with Crippen LogP contribution in [-0.4, -0.2) is 12.6 Å². The van der Waals surface area contributed by atoms with Crippen LogP contribution >= 0.6 is 0 Å². The average molecular weight is 336 g/mol. The molecule has 3 aromatic rings. The lowest BCUT2D eigenvalue weighted by atomic mass is 9.93. The van der Waals surface area contributed by atoms with Crippen molar-refractivity contribution in [3.63, 3.8) is 0 Å². The standard InChI is InChI=1S/C21H20O4/c1-4-14-10-11-17-16(12-14)18(15-9-7-6-8-13(15)3)19(21(23)25-17)20(22)24-5-2/h6-12H,4-5H2,1-3H3. The molecule has 0 saturated heterocycles. The highest BCUT2D eigenvalue weighted by molar-refractivity contribution is 6.06. The third-order valence-corrected chi connectivity index (χ3v) is 4.27. The van der Waals surface area contributed by atoms with E-state index in [9.17, 15) is 9.59 Å². The molecule has 0 aliphatic rings. The van der Waals surface area contributed by atoms with Crippen molar-refractivity contribution in [1.29, 1.82) is 0 Å². The highest BCUT2D eigenvalue weighted by Gasteiger charge is 2.24. The number of hydrogen-bond donors (Lipinski definition) is 0. The number of carbonyl (C=O) groups excluding carboxylic acids is 1. The number of hydrogen-bond acceptors (Lipinski definition) is 4. The van der Waals surface area contributed by atoms with Crippen molar-refractivity contribution in [3.05, 3.63) is 69.6 Å². The second-order valence-corrected chi connectivity index (χ2v) is 5.86. The highest BCUT2D eigenvalue weighted by atomic mass is 16.5. The molecule has 0 fully saturated rings. The molecule has 0 bridgehead atoms. The minimum atomic E-state index is -0.673. The molecule has 0 aliphatic carbocycles. The van der Waals surface area contributed by atoms with Crippen LogP contribution in [0.2, 0.25) is 0 Å². The van der Waals surface area contributed by atoms with Crippen molar-refractivity contribution in [3.8, 4) is 11.1 Å². The van der Waals surface area contributed by atoms with Gasteiger partial charge in [0.2, 0.25) is 0 Å². The van der Waals surface area contributed by atoms with E-state index in [0.29, 0.717) is 11.1 Å². The largest absolute Gasteiger partial charge is 0.462 e. The molecule has 0 N–H and O–H groups in total. The summed E-state index contributed by atoms with van der Waals surface area (Å²) in [5.41, 5.74) is 3.24. The van der Waals surface area contributed by atoms with Gasteiger partial charge in [0.15, 0.2) is 5.56 Å². The first kappa shape index (κ1) is 17.0. The van der Waals surface area contributed by atoms with Gasteiger partial charge in [0.05, 0.1) is 6.61 Å². The van der Waals surface area contributed by atoms with E-state index in [1.54, 1.807) is 13.0 Å². The summed E-state index contributed by atoms with van der Waals surface area (Å²) in [6, 6.07) is 13.4. The first-order chi connectivity index (χ1) is 12.1. The predicted molar refractivity (Wildman–Crippen MR) is 98.0 cm³/mol.